The molecule has 0 saturated carbocycles. The van der Waals surface area contributed by atoms with Crippen molar-refractivity contribution in [3.8, 4) is 0 Å². The summed E-state index contributed by atoms with van der Waals surface area (Å²) in [5, 5.41) is 0. The average molecular weight is 429 g/mol. The first kappa shape index (κ1) is 22.1. The summed E-state index contributed by atoms with van der Waals surface area (Å²) in [4.78, 5) is 38.0. The molecule has 3 fully saturated rings. The van der Waals surface area contributed by atoms with Gasteiger partial charge in [0, 0.05) is 57.3 Å². The van der Waals surface area contributed by atoms with Gasteiger partial charge >= 0.3 is 0 Å². The number of carbonyl (C=O) groups excluding carboxylic acids is 2. The molecule has 1 aromatic rings. The van der Waals surface area contributed by atoms with E-state index in [0.717, 1.165) is 44.6 Å². The molecule has 0 spiro atoms. The molecule has 1 aromatic heterocycles. The molecule has 3 aliphatic heterocycles. The third-order valence-electron chi connectivity index (χ3n) is 7.53. The fraction of sp³-hybridized carbons (Fsp3) is 0.708. The first-order valence-electron chi connectivity index (χ1n) is 11.9. The molecule has 0 aliphatic carbocycles. The van der Waals surface area contributed by atoms with E-state index in [4.69, 9.17) is 4.74 Å². The number of anilines is 1. The van der Waals surface area contributed by atoms with Crippen molar-refractivity contribution in [1.29, 1.82) is 0 Å². The standard InChI is InChI=1S/C24H36N4O3/c1-3-19(4-2)22(29)27-11-7-9-24(23(30)26-12-14-31-15-13-26)18-28(17-20(24)16-27)21-8-5-6-10-25-21/h5-6,8,10,19-20H,3-4,7,9,11-18H2,1-2H3/t20-,24-/m0/s1. The normalized spacial score (nSPS) is 26.7. The highest BCUT2D eigenvalue weighted by Gasteiger charge is 2.55. The van der Waals surface area contributed by atoms with Gasteiger partial charge in [-0.3, -0.25) is 9.59 Å². The zero-order valence-corrected chi connectivity index (χ0v) is 19.0. The van der Waals surface area contributed by atoms with Crippen molar-refractivity contribution in [3.05, 3.63) is 24.4 Å². The van der Waals surface area contributed by atoms with Gasteiger partial charge < -0.3 is 19.4 Å². The van der Waals surface area contributed by atoms with E-state index in [9.17, 15) is 9.59 Å². The van der Waals surface area contributed by atoms with Gasteiger partial charge in [0.05, 0.1) is 18.6 Å². The zero-order valence-electron chi connectivity index (χ0n) is 19.0. The van der Waals surface area contributed by atoms with Gasteiger partial charge in [-0.25, -0.2) is 4.98 Å². The number of fused-ring (bicyclic) bond motifs is 1. The minimum Gasteiger partial charge on any atom is -0.378 e. The number of amides is 2. The Labute approximate surface area is 185 Å². The molecule has 3 saturated heterocycles. The fourth-order valence-corrected chi connectivity index (χ4v) is 5.68. The zero-order chi connectivity index (χ0) is 21.8. The molecule has 0 unspecified atom stereocenters. The lowest BCUT2D eigenvalue weighted by atomic mass is 9.73. The highest BCUT2D eigenvalue weighted by atomic mass is 16.5. The lowest BCUT2D eigenvalue weighted by Gasteiger charge is -2.39. The maximum Gasteiger partial charge on any atom is 0.231 e. The minimum absolute atomic E-state index is 0.0794. The van der Waals surface area contributed by atoms with Gasteiger partial charge in [-0.15, -0.1) is 0 Å². The Morgan fingerprint density at radius 1 is 1.13 bits per heavy atom. The topological polar surface area (TPSA) is 66.0 Å². The van der Waals surface area contributed by atoms with Crippen molar-refractivity contribution in [3.63, 3.8) is 0 Å². The third kappa shape index (κ3) is 4.29. The summed E-state index contributed by atoms with van der Waals surface area (Å²) in [5.74, 6) is 1.62. The molecular formula is C24H36N4O3. The summed E-state index contributed by atoms with van der Waals surface area (Å²) in [6, 6.07) is 5.93. The molecule has 4 heterocycles. The molecule has 2 amide bonds. The van der Waals surface area contributed by atoms with Crippen LogP contribution in [0.2, 0.25) is 0 Å². The fourth-order valence-electron chi connectivity index (χ4n) is 5.68. The highest BCUT2D eigenvalue weighted by molar-refractivity contribution is 5.85. The van der Waals surface area contributed by atoms with Gasteiger partial charge in [0.15, 0.2) is 0 Å². The molecule has 31 heavy (non-hydrogen) atoms. The number of likely N-dealkylation sites (tertiary alicyclic amines) is 1. The van der Waals surface area contributed by atoms with Gasteiger partial charge in [-0.1, -0.05) is 19.9 Å². The van der Waals surface area contributed by atoms with Crippen LogP contribution < -0.4 is 4.90 Å². The van der Waals surface area contributed by atoms with Crippen molar-refractivity contribution in [2.45, 2.75) is 39.5 Å². The van der Waals surface area contributed by atoms with Crippen LogP contribution in [0.15, 0.2) is 24.4 Å². The van der Waals surface area contributed by atoms with Crippen LogP contribution in [-0.2, 0) is 14.3 Å². The maximum atomic E-state index is 13.9. The van der Waals surface area contributed by atoms with E-state index in [1.54, 1.807) is 0 Å². The Balaban J connectivity index is 1.62. The number of nitrogens with zero attached hydrogens (tertiary/aromatic N) is 4. The molecule has 0 radical (unpaired) electrons. The molecule has 0 aromatic carbocycles. The lowest BCUT2D eigenvalue weighted by molar-refractivity contribution is -0.148. The lowest BCUT2D eigenvalue weighted by Crippen LogP contribution is -2.53. The van der Waals surface area contributed by atoms with Crippen molar-refractivity contribution in [2.75, 3.05) is 57.4 Å². The van der Waals surface area contributed by atoms with Crippen LogP contribution in [0.4, 0.5) is 5.82 Å². The van der Waals surface area contributed by atoms with E-state index in [1.807, 2.05) is 29.3 Å². The second-order valence-corrected chi connectivity index (χ2v) is 9.23. The van der Waals surface area contributed by atoms with E-state index < -0.39 is 5.41 Å². The first-order chi connectivity index (χ1) is 15.1. The molecule has 170 valence electrons. The SMILES string of the molecule is CCC(CC)C(=O)N1CCC[C@]2(C(=O)N3CCOCC3)CN(c3ccccn3)C[C@@H]2C1. The first-order valence-corrected chi connectivity index (χ1v) is 11.9. The molecule has 4 rings (SSSR count). The molecule has 2 atom stereocenters. The number of ether oxygens (including phenoxy) is 1. The largest absolute Gasteiger partial charge is 0.378 e. The number of hydrogen-bond donors (Lipinski definition) is 0. The van der Waals surface area contributed by atoms with Gasteiger partial charge in [0.2, 0.25) is 11.8 Å². The Morgan fingerprint density at radius 2 is 1.90 bits per heavy atom. The molecular weight excluding hydrogens is 392 g/mol. The summed E-state index contributed by atoms with van der Waals surface area (Å²) >= 11 is 0. The van der Waals surface area contributed by atoms with Crippen molar-refractivity contribution in [1.82, 2.24) is 14.8 Å². The van der Waals surface area contributed by atoms with E-state index in [0.29, 0.717) is 39.4 Å². The maximum absolute atomic E-state index is 13.9. The minimum atomic E-state index is -0.460. The average Bonchev–Trinajstić information content (AvgIpc) is 3.09. The third-order valence-corrected chi connectivity index (χ3v) is 7.53. The quantitative estimate of drug-likeness (QED) is 0.721. The Morgan fingerprint density at radius 3 is 2.58 bits per heavy atom. The highest BCUT2D eigenvalue weighted by Crippen LogP contribution is 2.45. The van der Waals surface area contributed by atoms with Crippen LogP contribution in [0.3, 0.4) is 0 Å². The number of pyridine rings is 1. The second kappa shape index (κ2) is 9.55. The van der Waals surface area contributed by atoms with E-state index in [2.05, 4.69) is 28.6 Å². The van der Waals surface area contributed by atoms with Crippen LogP contribution in [0.25, 0.3) is 0 Å². The summed E-state index contributed by atoms with van der Waals surface area (Å²) in [7, 11) is 0. The molecule has 7 nitrogen and oxygen atoms in total. The smallest absolute Gasteiger partial charge is 0.231 e. The van der Waals surface area contributed by atoms with Crippen molar-refractivity contribution >= 4 is 17.6 Å². The number of aromatic nitrogens is 1. The Hall–Kier alpha value is -2.15. The molecule has 3 aliphatic rings. The van der Waals surface area contributed by atoms with Crippen LogP contribution in [-0.4, -0.2) is 79.1 Å². The Bertz CT molecular complexity index is 763. The van der Waals surface area contributed by atoms with Gasteiger partial charge in [-0.05, 0) is 37.8 Å². The second-order valence-electron chi connectivity index (χ2n) is 9.23. The summed E-state index contributed by atoms with van der Waals surface area (Å²) in [6.45, 7) is 9.58. The van der Waals surface area contributed by atoms with Crippen LogP contribution in [0.1, 0.15) is 39.5 Å². The Kier molecular flexibility index (Phi) is 6.80. The van der Waals surface area contributed by atoms with E-state index >= 15 is 0 Å². The van der Waals surface area contributed by atoms with Crippen LogP contribution in [0.5, 0.6) is 0 Å². The molecule has 7 heteroatoms. The summed E-state index contributed by atoms with van der Waals surface area (Å²) in [6.07, 6.45) is 5.24. The molecule has 0 bridgehead atoms. The van der Waals surface area contributed by atoms with Crippen LogP contribution >= 0.6 is 0 Å². The van der Waals surface area contributed by atoms with E-state index in [1.165, 1.54) is 0 Å². The summed E-state index contributed by atoms with van der Waals surface area (Å²) in [5.41, 5.74) is -0.460. The molecule has 0 N–H and O–H groups in total. The predicted octanol–water partition coefficient (Wildman–Crippen LogP) is 2.42. The van der Waals surface area contributed by atoms with Gasteiger partial charge in [-0.2, -0.15) is 0 Å². The number of hydrogen-bond acceptors (Lipinski definition) is 5. The van der Waals surface area contributed by atoms with Gasteiger partial charge in [0.1, 0.15) is 5.82 Å². The predicted molar refractivity (Wildman–Crippen MR) is 120 cm³/mol. The van der Waals surface area contributed by atoms with Crippen LogP contribution in [0, 0.1) is 17.3 Å². The number of morpholine rings is 1. The monoisotopic (exact) mass is 428 g/mol. The number of rotatable bonds is 5. The van der Waals surface area contributed by atoms with Crippen molar-refractivity contribution in [2.24, 2.45) is 17.3 Å². The summed E-state index contributed by atoms with van der Waals surface area (Å²) < 4.78 is 5.49. The van der Waals surface area contributed by atoms with E-state index in [-0.39, 0.29) is 23.7 Å². The van der Waals surface area contributed by atoms with Crippen molar-refractivity contribution < 1.29 is 14.3 Å². The number of carbonyl (C=O) groups is 2. The van der Waals surface area contributed by atoms with Gasteiger partial charge in [0.25, 0.3) is 0 Å².